The van der Waals surface area contributed by atoms with E-state index in [1.54, 1.807) is 0 Å². The SMILES string of the molecule is CNC(C)(C=N)CCOC(C)(C)CCNC(=O)c1cccc(-c2ccc3c(N4CCOC[C@H]4C)nc(N4CCOC[C@H]4C)nc3n2)c1. The third-order valence-corrected chi connectivity index (χ3v) is 9.23. The molecule has 1 unspecified atom stereocenters. The lowest BCUT2D eigenvalue weighted by molar-refractivity contribution is -0.0275. The van der Waals surface area contributed by atoms with Crippen LogP contribution in [-0.4, -0.2) is 110 Å². The summed E-state index contributed by atoms with van der Waals surface area (Å²) in [6.07, 6.45) is 2.75. The Balaban J connectivity index is 1.32. The van der Waals surface area contributed by atoms with Crippen LogP contribution in [0, 0.1) is 5.41 Å². The second-order valence-corrected chi connectivity index (χ2v) is 13.4. The van der Waals surface area contributed by atoms with E-state index in [9.17, 15) is 4.79 Å². The van der Waals surface area contributed by atoms with E-state index in [-0.39, 0.29) is 18.0 Å². The van der Waals surface area contributed by atoms with Crippen molar-refractivity contribution in [1.82, 2.24) is 25.6 Å². The van der Waals surface area contributed by atoms with Gasteiger partial charge in [0.05, 0.1) is 60.7 Å². The summed E-state index contributed by atoms with van der Waals surface area (Å²) in [5.74, 6) is 1.37. The first kappa shape index (κ1) is 34.6. The van der Waals surface area contributed by atoms with Gasteiger partial charge in [-0.15, -0.1) is 0 Å². The summed E-state index contributed by atoms with van der Waals surface area (Å²) < 4.78 is 17.5. The van der Waals surface area contributed by atoms with Crippen LogP contribution in [0.2, 0.25) is 0 Å². The Hall–Kier alpha value is -3.71. The minimum absolute atomic E-state index is 0.146. The average molecular weight is 647 g/mol. The Morgan fingerprint density at radius 3 is 2.43 bits per heavy atom. The monoisotopic (exact) mass is 646 g/mol. The minimum atomic E-state index is -0.418. The van der Waals surface area contributed by atoms with Crippen LogP contribution in [-0.2, 0) is 14.2 Å². The molecule has 3 N–H and O–H groups in total. The van der Waals surface area contributed by atoms with Gasteiger partial charge < -0.3 is 40.1 Å². The molecule has 1 amide bonds. The van der Waals surface area contributed by atoms with E-state index in [0.29, 0.717) is 76.1 Å². The summed E-state index contributed by atoms with van der Waals surface area (Å²) >= 11 is 0. The highest BCUT2D eigenvalue weighted by Gasteiger charge is 2.28. The van der Waals surface area contributed by atoms with Gasteiger partial charge >= 0.3 is 0 Å². The topological polar surface area (TPSA) is 138 Å². The van der Waals surface area contributed by atoms with E-state index < -0.39 is 11.1 Å². The molecular formula is C35H50N8O4. The van der Waals surface area contributed by atoms with Gasteiger partial charge in [-0.3, -0.25) is 4.79 Å². The van der Waals surface area contributed by atoms with E-state index in [1.807, 2.05) is 64.2 Å². The third-order valence-electron chi connectivity index (χ3n) is 9.23. The number of hydrogen-bond donors (Lipinski definition) is 3. The second-order valence-electron chi connectivity index (χ2n) is 13.4. The van der Waals surface area contributed by atoms with E-state index in [2.05, 4.69) is 34.3 Å². The van der Waals surface area contributed by atoms with Gasteiger partial charge in [-0.2, -0.15) is 9.97 Å². The fourth-order valence-electron chi connectivity index (χ4n) is 5.84. The van der Waals surface area contributed by atoms with Crippen molar-refractivity contribution in [3.8, 4) is 11.3 Å². The van der Waals surface area contributed by atoms with Gasteiger partial charge in [-0.05, 0) is 78.8 Å². The molecular weight excluding hydrogens is 596 g/mol. The fraction of sp³-hybridized carbons (Fsp3) is 0.571. The number of nitrogens with zero attached hydrogens (tertiary/aromatic N) is 5. The molecule has 0 radical (unpaired) electrons. The van der Waals surface area contributed by atoms with Crippen molar-refractivity contribution in [2.45, 2.75) is 70.7 Å². The number of carbonyl (C=O) groups is 1. The molecule has 3 aromatic rings. The Kier molecular flexibility index (Phi) is 11.1. The predicted molar refractivity (Wildman–Crippen MR) is 186 cm³/mol. The molecule has 254 valence electrons. The van der Waals surface area contributed by atoms with Crippen molar-refractivity contribution >= 4 is 34.9 Å². The Morgan fingerprint density at radius 1 is 1.02 bits per heavy atom. The van der Waals surface area contributed by atoms with Crippen molar-refractivity contribution < 1.29 is 19.0 Å². The highest BCUT2D eigenvalue weighted by Crippen LogP contribution is 2.31. The van der Waals surface area contributed by atoms with Crippen molar-refractivity contribution in [1.29, 1.82) is 5.41 Å². The molecule has 12 heteroatoms. The van der Waals surface area contributed by atoms with Crippen LogP contribution in [0.1, 0.15) is 57.8 Å². The predicted octanol–water partition coefficient (Wildman–Crippen LogP) is 4.07. The first-order chi connectivity index (χ1) is 22.5. The smallest absolute Gasteiger partial charge is 0.251 e. The van der Waals surface area contributed by atoms with Gasteiger partial charge in [-0.25, -0.2) is 4.98 Å². The summed E-state index contributed by atoms with van der Waals surface area (Å²) in [7, 11) is 1.84. The number of carbonyl (C=O) groups excluding carboxylic acids is 1. The molecule has 0 bridgehead atoms. The average Bonchev–Trinajstić information content (AvgIpc) is 3.07. The summed E-state index contributed by atoms with van der Waals surface area (Å²) in [5.41, 5.74) is 1.94. The molecule has 2 aliphatic rings. The number of amides is 1. The maximum atomic E-state index is 13.2. The van der Waals surface area contributed by atoms with E-state index in [1.165, 1.54) is 6.21 Å². The standard InChI is InChI=1S/C35H50N8O4/c1-24-21-45-18-15-42(24)31-28-10-11-29(39-30(28)40-33(41-31)43-16-19-46-22-25(43)2)26-8-7-9-27(20-26)32(44)38-14-12-34(3,4)47-17-13-35(5,23-36)37-6/h7-11,20,23-25,36-37H,12-19,21-22H2,1-6H3,(H,38,44)/t24-,25-,35?/m1/s1. The number of fused-ring (bicyclic) bond motifs is 1. The van der Waals surface area contributed by atoms with Crippen LogP contribution in [0.15, 0.2) is 36.4 Å². The van der Waals surface area contributed by atoms with Crippen molar-refractivity contribution in [2.75, 3.05) is 69.5 Å². The minimum Gasteiger partial charge on any atom is -0.377 e. The van der Waals surface area contributed by atoms with Gasteiger partial charge in [0.25, 0.3) is 5.91 Å². The Morgan fingerprint density at radius 2 is 1.74 bits per heavy atom. The molecule has 2 aromatic heterocycles. The Labute approximate surface area is 278 Å². The molecule has 1 aromatic carbocycles. The van der Waals surface area contributed by atoms with Crippen LogP contribution >= 0.6 is 0 Å². The summed E-state index contributed by atoms with van der Waals surface area (Å²) in [6.45, 7) is 15.3. The zero-order chi connectivity index (χ0) is 33.6. The lowest BCUT2D eigenvalue weighted by Gasteiger charge is -2.37. The lowest BCUT2D eigenvalue weighted by atomic mass is 10.00. The van der Waals surface area contributed by atoms with Gasteiger partial charge in [0, 0.05) is 43.6 Å². The van der Waals surface area contributed by atoms with E-state index >= 15 is 0 Å². The second kappa shape index (κ2) is 15.0. The van der Waals surface area contributed by atoms with Gasteiger partial charge in [0.1, 0.15) is 5.82 Å². The molecule has 0 aliphatic carbocycles. The number of ether oxygens (including phenoxy) is 3. The highest BCUT2D eigenvalue weighted by molar-refractivity contribution is 5.96. The number of benzene rings is 1. The fourth-order valence-corrected chi connectivity index (χ4v) is 5.84. The number of nitrogens with one attached hydrogen (secondary N) is 3. The maximum absolute atomic E-state index is 13.2. The van der Waals surface area contributed by atoms with Crippen LogP contribution in [0.5, 0.6) is 0 Å². The summed E-state index contributed by atoms with van der Waals surface area (Å²) in [5, 5.41) is 14.7. The third kappa shape index (κ3) is 8.42. The van der Waals surface area contributed by atoms with Crippen LogP contribution in [0.3, 0.4) is 0 Å². The van der Waals surface area contributed by atoms with E-state index in [0.717, 1.165) is 29.0 Å². The number of hydrogen-bond acceptors (Lipinski definition) is 11. The lowest BCUT2D eigenvalue weighted by Crippen LogP contribution is -2.46. The molecule has 2 saturated heterocycles. The number of rotatable bonds is 13. The Bertz CT molecular complexity index is 1550. The van der Waals surface area contributed by atoms with Crippen molar-refractivity contribution in [3.05, 3.63) is 42.0 Å². The first-order valence-electron chi connectivity index (χ1n) is 16.6. The molecule has 12 nitrogen and oxygen atoms in total. The summed E-state index contributed by atoms with van der Waals surface area (Å²) in [4.78, 5) is 32.8. The van der Waals surface area contributed by atoms with E-state index in [4.69, 9.17) is 34.6 Å². The van der Waals surface area contributed by atoms with Crippen molar-refractivity contribution in [2.24, 2.45) is 0 Å². The van der Waals surface area contributed by atoms with Gasteiger partial charge in [-0.1, -0.05) is 12.1 Å². The molecule has 4 heterocycles. The number of morpholine rings is 2. The zero-order valence-corrected chi connectivity index (χ0v) is 28.6. The normalized spacial score (nSPS) is 20.2. The quantitative estimate of drug-likeness (QED) is 0.233. The highest BCUT2D eigenvalue weighted by atomic mass is 16.5. The largest absolute Gasteiger partial charge is 0.377 e. The molecule has 0 spiro atoms. The summed E-state index contributed by atoms with van der Waals surface area (Å²) in [6, 6.07) is 11.9. The maximum Gasteiger partial charge on any atom is 0.251 e. The van der Waals surface area contributed by atoms with Crippen molar-refractivity contribution in [3.63, 3.8) is 0 Å². The molecule has 47 heavy (non-hydrogen) atoms. The molecule has 2 fully saturated rings. The van der Waals surface area contributed by atoms with Crippen LogP contribution < -0.4 is 20.4 Å². The molecule has 3 atom stereocenters. The number of anilines is 2. The first-order valence-corrected chi connectivity index (χ1v) is 16.6. The molecule has 0 saturated carbocycles. The van der Waals surface area contributed by atoms with Crippen LogP contribution in [0.25, 0.3) is 22.3 Å². The molecule has 5 rings (SSSR count). The van der Waals surface area contributed by atoms with Crippen LogP contribution in [0.4, 0.5) is 11.8 Å². The number of aromatic nitrogens is 3. The molecule has 2 aliphatic heterocycles. The van der Waals surface area contributed by atoms with Gasteiger partial charge in [0.2, 0.25) is 5.95 Å². The number of pyridine rings is 1. The van der Waals surface area contributed by atoms with Gasteiger partial charge in [0.15, 0.2) is 5.65 Å². The zero-order valence-electron chi connectivity index (χ0n) is 28.6.